The van der Waals surface area contributed by atoms with Crippen LogP contribution in [0.3, 0.4) is 0 Å². The van der Waals surface area contributed by atoms with E-state index in [1.165, 1.54) is 28.5 Å². The van der Waals surface area contributed by atoms with Gasteiger partial charge in [-0.15, -0.1) is 0 Å². The van der Waals surface area contributed by atoms with Crippen molar-refractivity contribution in [3.63, 3.8) is 0 Å². The molecule has 1 aliphatic heterocycles. The van der Waals surface area contributed by atoms with Crippen LogP contribution in [0, 0.1) is 13.8 Å². The van der Waals surface area contributed by atoms with Gasteiger partial charge in [-0.25, -0.2) is 4.79 Å². The number of carboxylic acid groups (broad SMARTS) is 1. The topological polar surface area (TPSA) is 115 Å². The van der Waals surface area contributed by atoms with Crippen LogP contribution in [0.25, 0.3) is 11.1 Å². The normalized spacial score (nSPS) is 14.2. The van der Waals surface area contributed by atoms with Gasteiger partial charge in [-0.05, 0) is 72.3 Å². The quantitative estimate of drug-likeness (QED) is 0.229. The van der Waals surface area contributed by atoms with Crippen molar-refractivity contribution in [3.05, 3.63) is 99.7 Å². The zero-order valence-corrected chi connectivity index (χ0v) is 20.8. The number of hydrazone groups is 2. The van der Waals surface area contributed by atoms with Crippen LogP contribution in [0.1, 0.15) is 27.0 Å². The molecule has 184 valence electrons. The molecule has 2 heterocycles. The number of carbonyl (C=O) groups excluding carboxylic acids is 1. The number of rotatable bonds is 6. The smallest absolute Gasteiger partial charge is 0.335 e. The van der Waals surface area contributed by atoms with Gasteiger partial charge in [0.1, 0.15) is 11.5 Å². The average molecular weight is 511 g/mol. The molecule has 0 saturated heterocycles. The Kier molecular flexibility index (Phi) is 6.29. The molecule has 3 N–H and O–H groups in total. The fourth-order valence-electron chi connectivity index (χ4n) is 3.92. The SMILES string of the molecule is Cc1ccc(N2N=C(c3ccsc3)/C(=N/Nc3cccc(-c4cccc(C(=O)O)c4)c3O)C2=O)cc1C. The molecule has 3 aromatic carbocycles. The Labute approximate surface area is 216 Å². The third-order valence-corrected chi connectivity index (χ3v) is 6.78. The van der Waals surface area contributed by atoms with Gasteiger partial charge in [-0.1, -0.05) is 30.3 Å². The summed E-state index contributed by atoms with van der Waals surface area (Å²) in [5.74, 6) is -1.59. The molecule has 0 aliphatic carbocycles. The summed E-state index contributed by atoms with van der Waals surface area (Å²) in [4.78, 5) is 24.8. The van der Waals surface area contributed by atoms with E-state index < -0.39 is 11.9 Å². The fraction of sp³-hybridized carbons (Fsp3) is 0.0714. The predicted octanol–water partition coefficient (Wildman–Crippen LogP) is 5.65. The van der Waals surface area contributed by atoms with Crippen molar-refractivity contribution >= 4 is 46.0 Å². The lowest BCUT2D eigenvalue weighted by molar-refractivity contribution is -0.112. The van der Waals surface area contributed by atoms with E-state index in [1.54, 1.807) is 30.3 Å². The summed E-state index contributed by atoms with van der Waals surface area (Å²) in [5.41, 5.74) is 8.20. The summed E-state index contributed by atoms with van der Waals surface area (Å²) in [6.45, 7) is 3.97. The zero-order chi connectivity index (χ0) is 26.1. The van der Waals surface area contributed by atoms with Gasteiger partial charge in [0.05, 0.1) is 16.9 Å². The molecule has 4 aromatic rings. The first-order chi connectivity index (χ1) is 17.8. The molecule has 5 rings (SSSR count). The Morgan fingerprint density at radius 3 is 2.54 bits per heavy atom. The molecular formula is C28H22N4O4S. The molecule has 1 amide bonds. The number of hydrogen-bond acceptors (Lipinski definition) is 7. The number of para-hydroxylation sites is 1. The number of aryl methyl sites for hydroxylation is 2. The minimum atomic E-state index is -1.06. The lowest BCUT2D eigenvalue weighted by Crippen LogP contribution is -2.28. The first-order valence-electron chi connectivity index (χ1n) is 11.4. The van der Waals surface area contributed by atoms with Crippen molar-refractivity contribution in [1.29, 1.82) is 0 Å². The number of amides is 1. The summed E-state index contributed by atoms with van der Waals surface area (Å²) in [6, 6.07) is 18.8. The van der Waals surface area contributed by atoms with Crippen LogP contribution in [0.5, 0.6) is 5.75 Å². The number of nitrogens with zero attached hydrogens (tertiary/aromatic N) is 3. The molecule has 8 nitrogen and oxygen atoms in total. The van der Waals surface area contributed by atoms with E-state index in [4.69, 9.17) is 0 Å². The number of carboxylic acids is 1. The molecule has 0 radical (unpaired) electrons. The van der Waals surface area contributed by atoms with Crippen LogP contribution in [0.4, 0.5) is 11.4 Å². The number of anilines is 2. The molecule has 1 aromatic heterocycles. The number of benzene rings is 3. The van der Waals surface area contributed by atoms with Gasteiger partial charge < -0.3 is 10.2 Å². The summed E-state index contributed by atoms with van der Waals surface area (Å²) >= 11 is 1.48. The maximum atomic E-state index is 13.4. The van der Waals surface area contributed by atoms with Crippen LogP contribution in [0.2, 0.25) is 0 Å². The minimum absolute atomic E-state index is 0.106. The predicted molar refractivity (Wildman–Crippen MR) is 146 cm³/mol. The monoisotopic (exact) mass is 510 g/mol. The van der Waals surface area contributed by atoms with Crippen molar-refractivity contribution in [2.45, 2.75) is 13.8 Å². The number of hydrogen-bond donors (Lipinski definition) is 3. The van der Waals surface area contributed by atoms with Crippen molar-refractivity contribution < 1.29 is 19.8 Å². The number of thiophene rings is 1. The van der Waals surface area contributed by atoms with Crippen LogP contribution in [-0.2, 0) is 4.79 Å². The van der Waals surface area contributed by atoms with Crippen LogP contribution in [0.15, 0.2) is 87.7 Å². The van der Waals surface area contributed by atoms with Gasteiger partial charge in [0.2, 0.25) is 0 Å². The molecule has 9 heteroatoms. The molecule has 0 fully saturated rings. The van der Waals surface area contributed by atoms with Crippen molar-refractivity contribution in [3.8, 4) is 16.9 Å². The third-order valence-electron chi connectivity index (χ3n) is 6.09. The molecule has 0 unspecified atom stereocenters. The summed E-state index contributed by atoms with van der Waals surface area (Å²) in [7, 11) is 0. The lowest BCUT2D eigenvalue weighted by atomic mass is 10.0. The molecule has 0 saturated carbocycles. The standard InChI is InChI=1S/C28H22N4O4S/c1-16-9-10-21(13-17(16)2)32-27(34)25(24(31-32)20-11-12-37-15-20)30-29-23-8-4-7-22(26(23)33)18-5-3-6-19(14-18)28(35)36/h3-15,29,33H,1-2H3,(H,35,36)/b30-25-. The van der Waals surface area contributed by atoms with E-state index in [1.807, 2.05) is 48.9 Å². The molecule has 0 spiro atoms. The van der Waals surface area contributed by atoms with E-state index in [0.717, 1.165) is 16.7 Å². The summed E-state index contributed by atoms with van der Waals surface area (Å²) in [6.07, 6.45) is 0. The van der Waals surface area contributed by atoms with Crippen molar-refractivity contribution in [1.82, 2.24) is 0 Å². The van der Waals surface area contributed by atoms with E-state index in [9.17, 15) is 19.8 Å². The zero-order valence-electron chi connectivity index (χ0n) is 20.0. The van der Waals surface area contributed by atoms with Gasteiger partial charge in [0.25, 0.3) is 0 Å². The molecular weight excluding hydrogens is 488 g/mol. The number of aromatic carboxylic acids is 1. The number of aromatic hydroxyl groups is 1. The van der Waals surface area contributed by atoms with Gasteiger partial charge >= 0.3 is 11.9 Å². The number of nitrogens with one attached hydrogen (secondary N) is 1. The molecule has 37 heavy (non-hydrogen) atoms. The highest BCUT2D eigenvalue weighted by Gasteiger charge is 2.34. The highest BCUT2D eigenvalue weighted by atomic mass is 32.1. The van der Waals surface area contributed by atoms with E-state index >= 15 is 0 Å². The average Bonchev–Trinajstić information content (AvgIpc) is 3.53. The second-order valence-electron chi connectivity index (χ2n) is 8.51. The minimum Gasteiger partial charge on any atom is -0.505 e. The van der Waals surface area contributed by atoms with Gasteiger partial charge in [0.15, 0.2) is 5.71 Å². The van der Waals surface area contributed by atoms with Gasteiger partial charge in [-0.3, -0.25) is 10.2 Å². The Balaban J connectivity index is 1.50. The number of phenols is 1. The molecule has 0 bridgehead atoms. The van der Waals surface area contributed by atoms with E-state index in [-0.39, 0.29) is 22.7 Å². The second-order valence-corrected chi connectivity index (χ2v) is 9.29. The van der Waals surface area contributed by atoms with Crippen LogP contribution >= 0.6 is 11.3 Å². The van der Waals surface area contributed by atoms with Crippen molar-refractivity contribution in [2.75, 3.05) is 10.4 Å². The maximum absolute atomic E-state index is 13.4. The Morgan fingerprint density at radius 1 is 1.00 bits per heavy atom. The van der Waals surface area contributed by atoms with Gasteiger partial charge in [-0.2, -0.15) is 26.5 Å². The summed E-state index contributed by atoms with van der Waals surface area (Å²) in [5, 5.41) is 34.3. The third kappa shape index (κ3) is 4.60. The second kappa shape index (κ2) is 9.71. The first-order valence-corrected chi connectivity index (χ1v) is 12.3. The van der Waals surface area contributed by atoms with Crippen molar-refractivity contribution in [2.24, 2.45) is 10.2 Å². The Morgan fingerprint density at radius 2 is 1.81 bits per heavy atom. The number of phenolic OH excluding ortho intramolecular Hbond substituents is 1. The molecule has 0 atom stereocenters. The fourth-order valence-corrected chi connectivity index (χ4v) is 4.56. The van der Waals surface area contributed by atoms with Crippen LogP contribution in [-0.4, -0.2) is 33.5 Å². The Bertz CT molecular complexity index is 1590. The number of carbonyl (C=O) groups is 2. The first kappa shape index (κ1) is 24.0. The van der Waals surface area contributed by atoms with Crippen LogP contribution < -0.4 is 10.4 Å². The largest absolute Gasteiger partial charge is 0.505 e. The van der Waals surface area contributed by atoms with E-state index in [2.05, 4.69) is 15.6 Å². The maximum Gasteiger partial charge on any atom is 0.335 e. The van der Waals surface area contributed by atoms with E-state index in [0.29, 0.717) is 22.5 Å². The highest BCUT2D eigenvalue weighted by molar-refractivity contribution is 7.08. The molecule has 1 aliphatic rings. The lowest BCUT2D eigenvalue weighted by Gasteiger charge is -2.13. The Hall–Kier alpha value is -4.76. The highest BCUT2D eigenvalue weighted by Crippen LogP contribution is 2.36. The van der Waals surface area contributed by atoms with Gasteiger partial charge in [0, 0.05) is 16.5 Å². The summed E-state index contributed by atoms with van der Waals surface area (Å²) < 4.78 is 0.